The van der Waals surface area contributed by atoms with E-state index in [2.05, 4.69) is 20.5 Å². The van der Waals surface area contributed by atoms with E-state index >= 15 is 0 Å². The number of methoxy groups -OCH3 is 1. The lowest BCUT2D eigenvalue weighted by Gasteiger charge is -2.10. The van der Waals surface area contributed by atoms with E-state index in [0.717, 1.165) is 22.6 Å². The molecule has 0 aliphatic carbocycles. The van der Waals surface area contributed by atoms with Gasteiger partial charge in [-0.1, -0.05) is 30.3 Å². The van der Waals surface area contributed by atoms with Crippen molar-refractivity contribution >= 4 is 5.91 Å². The van der Waals surface area contributed by atoms with Gasteiger partial charge in [0.05, 0.1) is 24.8 Å². The Morgan fingerprint density at radius 3 is 2.89 bits per heavy atom. The molecule has 0 saturated carbocycles. The van der Waals surface area contributed by atoms with Gasteiger partial charge in [0.25, 0.3) is 5.91 Å². The number of ether oxygens (including phenoxy) is 1. The molecular formula is C21H19N5O2. The highest BCUT2D eigenvalue weighted by Crippen LogP contribution is 2.22. The number of hydrogen-bond donors (Lipinski definition) is 2. The first-order valence-electron chi connectivity index (χ1n) is 8.79. The highest BCUT2D eigenvalue weighted by molar-refractivity contribution is 5.93. The van der Waals surface area contributed by atoms with E-state index < -0.39 is 0 Å². The van der Waals surface area contributed by atoms with Crippen LogP contribution in [0.25, 0.3) is 16.9 Å². The molecule has 7 nitrogen and oxygen atoms in total. The number of carbonyl (C=O) groups excluding carboxylic acids is 1. The molecule has 0 unspecified atom stereocenters. The number of H-pyrrole nitrogens is 1. The summed E-state index contributed by atoms with van der Waals surface area (Å²) in [4.78, 5) is 16.6. The van der Waals surface area contributed by atoms with Crippen molar-refractivity contribution in [2.24, 2.45) is 0 Å². The molecule has 0 radical (unpaired) electrons. The van der Waals surface area contributed by atoms with Gasteiger partial charge in [0.2, 0.25) is 0 Å². The van der Waals surface area contributed by atoms with E-state index in [1.807, 2.05) is 59.3 Å². The molecule has 0 bridgehead atoms. The van der Waals surface area contributed by atoms with Crippen LogP contribution < -0.4 is 10.1 Å². The molecule has 4 aromatic rings. The third-order valence-electron chi connectivity index (χ3n) is 4.40. The molecule has 2 N–H and O–H groups in total. The molecule has 0 fully saturated rings. The number of carbonyl (C=O) groups is 1. The topological polar surface area (TPSA) is 84.8 Å². The molecule has 2 heterocycles. The van der Waals surface area contributed by atoms with Crippen molar-refractivity contribution in [1.82, 2.24) is 25.1 Å². The van der Waals surface area contributed by atoms with Gasteiger partial charge in [0, 0.05) is 24.5 Å². The third kappa shape index (κ3) is 3.64. The summed E-state index contributed by atoms with van der Waals surface area (Å²) in [6.07, 6.45) is 5.33. The van der Waals surface area contributed by atoms with E-state index in [-0.39, 0.29) is 5.91 Å². The first-order valence-corrected chi connectivity index (χ1v) is 8.79. The number of rotatable bonds is 6. The normalized spacial score (nSPS) is 10.6. The molecular weight excluding hydrogens is 354 g/mol. The maximum absolute atomic E-state index is 12.6. The summed E-state index contributed by atoms with van der Waals surface area (Å²) in [6.45, 7) is 0.390. The van der Waals surface area contributed by atoms with Gasteiger partial charge in [-0.05, 0) is 29.8 Å². The van der Waals surface area contributed by atoms with Crippen molar-refractivity contribution < 1.29 is 9.53 Å². The minimum absolute atomic E-state index is 0.220. The molecule has 28 heavy (non-hydrogen) atoms. The summed E-state index contributed by atoms with van der Waals surface area (Å²) in [5, 5.41) is 9.98. The molecule has 1 amide bonds. The molecule has 2 aromatic heterocycles. The zero-order chi connectivity index (χ0) is 19.3. The first-order chi connectivity index (χ1) is 13.7. The summed E-state index contributed by atoms with van der Waals surface area (Å²) < 4.78 is 7.15. The molecule has 0 spiro atoms. The fourth-order valence-corrected chi connectivity index (χ4v) is 2.95. The number of benzene rings is 2. The van der Waals surface area contributed by atoms with E-state index in [1.165, 1.54) is 0 Å². The maximum atomic E-state index is 12.6. The lowest BCUT2D eigenvalue weighted by atomic mass is 10.1. The predicted molar refractivity (Wildman–Crippen MR) is 105 cm³/mol. The zero-order valence-electron chi connectivity index (χ0n) is 15.3. The number of aromatic amines is 1. The van der Waals surface area contributed by atoms with Gasteiger partial charge in [-0.25, -0.2) is 4.98 Å². The standard InChI is InChI=1S/C21H19N5O2/c1-28-17-7-4-6-15(11-17)18-12-19(25-24-18)21(27)23-13-16-5-2-3-8-20(16)26-10-9-22-14-26/h2-12,14H,13H2,1H3,(H,23,27)(H,24,25). The number of aromatic nitrogens is 4. The zero-order valence-corrected chi connectivity index (χ0v) is 15.3. The van der Waals surface area contributed by atoms with Crippen LogP contribution in [0, 0.1) is 0 Å². The molecule has 2 aromatic carbocycles. The van der Waals surface area contributed by atoms with Crippen LogP contribution >= 0.6 is 0 Å². The lowest BCUT2D eigenvalue weighted by molar-refractivity contribution is 0.0946. The number of para-hydroxylation sites is 1. The van der Waals surface area contributed by atoms with Crippen LogP contribution in [-0.4, -0.2) is 32.8 Å². The Balaban J connectivity index is 1.48. The fourth-order valence-electron chi connectivity index (χ4n) is 2.95. The summed E-state index contributed by atoms with van der Waals surface area (Å²) in [5.41, 5.74) is 3.92. The Morgan fingerprint density at radius 1 is 1.18 bits per heavy atom. The van der Waals surface area contributed by atoms with Gasteiger partial charge in [-0.15, -0.1) is 0 Å². The number of amides is 1. The van der Waals surface area contributed by atoms with Crippen LogP contribution in [0.5, 0.6) is 5.75 Å². The molecule has 4 rings (SSSR count). The lowest BCUT2D eigenvalue weighted by Crippen LogP contribution is -2.23. The fraction of sp³-hybridized carbons (Fsp3) is 0.0952. The van der Waals surface area contributed by atoms with Gasteiger partial charge >= 0.3 is 0 Å². The number of nitrogens with one attached hydrogen (secondary N) is 2. The van der Waals surface area contributed by atoms with E-state index in [9.17, 15) is 4.79 Å². The van der Waals surface area contributed by atoms with Crippen LogP contribution in [0.3, 0.4) is 0 Å². The largest absolute Gasteiger partial charge is 0.497 e. The number of hydrogen-bond acceptors (Lipinski definition) is 4. The highest BCUT2D eigenvalue weighted by Gasteiger charge is 2.12. The molecule has 0 saturated heterocycles. The molecule has 140 valence electrons. The first kappa shape index (κ1) is 17.5. The summed E-state index contributed by atoms with van der Waals surface area (Å²) in [7, 11) is 1.62. The van der Waals surface area contributed by atoms with Crippen molar-refractivity contribution in [3.63, 3.8) is 0 Å². The smallest absolute Gasteiger partial charge is 0.269 e. The monoisotopic (exact) mass is 373 g/mol. The Bertz CT molecular complexity index is 1090. The van der Waals surface area contributed by atoms with Crippen molar-refractivity contribution in [2.75, 3.05) is 7.11 Å². The molecule has 0 aliphatic heterocycles. The van der Waals surface area contributed by atoms with Crippen LogP contribution in [-0.2, 0) is 6.54 Å². The van der Waals surface area contributed by atoms with E-state index in [4.69, 9.17) is 4.74 Å². The average Bonchev–Trinajstić information content (AvgIpc) is 3.44. The van der Waals surface area contributed by atoms with Crippen LogP contribution in [0.4, 0.5) is 0 Å². The highest BCUT2D eigenvalue weighted by atomic mass is 16.5. The summed E-state index contributed by atoms with van der Waals surface area (Å²) >= 11 is 0. The Morgan fingerprint density at radius 2 is 2.07 bits per heavy atom. The van der Waals surface area contributed by atoms with Gasteiger partial charge < -0.3 is 14.6 Å². The Hall–Kier alpha value is -3.87. The van der Waals surface area contributed by atoms with Gasteiger partial charge in [0.1, 0.15) is 11.4 Å². The molecule has 0 aliphatic rings. The molecule has 0 atom stereocenters. The SMILES string of the molecule is COc1cccc(-c2cc(C(=O)NCc3ccccc3-n3ccnc3)[nH]n2)c1. The van der Waals surface area contributed by atoms with Gasteiger partial charge in [0.15, 0.2) is 0 Å². The van der Waals surface area contributed by atoms with Gasteiger partial charge in [-0.3, -0.25) is 9.89 Å². The molecule has 7 heteroatoms. The van der Waals surface area contributed by atoms with Crippen LogP contribution in [0.2, 0.25) is 0 Å². The van der Waals surface area contributed by atoms with E-state index in [0.29, 0.717) is 17.9 Å². The van der Waals surface area contributed by atoms with Crippen molar-refractivity contribution in [3.8, 4) is 22.7 Å². The third-order valence-corrected chi connectivity index (χ3v) is 4.40. The second kappa shape index (κ2) is 7.79. The maximum Gasteiger partial charge on any atom is 0.269 e. The summed E-state index contributed by atoms with van der Waals surface area (Å²) in [5.74, 6) is 0.518. The predicted octanol–water partition coefficient (Wildman–Crippen LogP) is 3.20. The van der Waals surface area contributed by atoms with Gasteiger partial charge in [-0.2, -0.15) is 5.10 Å². The average molecular weight is 373 g/mol. The summed E-state index contributed by atoms with van der Waals surface area (Å²) in [6, 6.07) is 17.1. The number of nitrogens with zero attached hydrogens (tertiary/aromatic N) is 3. The Labute approximate surface area is 162 Å². The van der Waals surface area contributed by atoms with Crippen molar-refractivity contribution in [1.29, 1.82) is 0 Å². The minimum atomic E-state index is -0.220. The quantitative estimate of drug-likeness (QED) is 0.544. The van der Waals surface area contributed by atoms with Crippen LogP contribution in [0.15, 0.2) is 73.3 Å². The van der Waals surface area contributed by atoms with E-state index in [1.54, 1.807) is 25.7 Å². The second-order valence-corrected chi connectivity index (χ2v) is 6.18. The van der Waals surface area contributed by atoms with Crippen molar-refractivity contribution in [2.45, 2.75) is 6.54 Å². The Kier molecular flexibility index (Phi) is 4.88. The second-order valence-electron chi connectivity index (χ2n) is 6.18. The minimum Gasteiger partial charge on any atom is -0.497 e. The van der Waals surface area contributed by atoms with Crippen LogP contribution in [0.1, 0.15) is 16.1 Å². The van der Waals surface area contributed by atoms with Crippen molar-refractivity contribution in [3.05, 3.63) is 84.6 Å². The number of imidazole rings is 1.